The lowest BCUT2D eigenvalue weighted by Crippen LogP contribution is -2.43. The number of amides is 1. The summed E-state index contributed by atoms with van der Waals surface area (Å²) in [5, 5.41) is 42.6. The molecule has 1 saturated heterocycles. The zero-order valence-corrected chi connectivity index (χ0v) is 32.8. The zero-order valence-electron chi connectivity index (χ0n) is 32.8. The number of halogens is 1. The van der Waals surface area contributed by atoms with Crippen LogP contribution in [0.3, 0.4) is 0 Å². The Morgan fingerprint density at radius 1 is 0.982 bits per heavy atom. The lowest BCUT2D eigenvalue weighted by Gasteiger charge is -2.35. The fourth-order valence-electron chi connectivity index (χ4n) is 6.54. The molecule has 16 heteroatoms. The molecular weight excluding hydrogens is 714 g/mol. The number of carbonyl (C=O) groups is 1. The molecule has 1 amide bonds. The quantitative estimate of drug-likeness (QED) is 0.160. The number of anilines is 1. The van der Waals surface area contributed by atoms with Gasteiger partial charge in [0.05, 0.1) is 86.1 Å². The molecular formula is C40H48BFN10O4. The van der Waals surface area contributed by atoms with Crippen molar-refractivity contribution in [2.45, 2.75) is 109 Å². The Morgan fingerprint density at radius 2 is 1.55 bits per heavy atom. The van der Waals surface area contributed by atoms with E-state index in [0.717, 1.165) is 42.3 Å². The van der Waals surface area contributed by atoms with Crippen LogP contribution in [0, 0.1) is 22.7 Å². The fourth-order valence-corrected chi connectivity index (χ4v) is 6.54. The third kappa shape index (κ3) is 8.54. The highest BCUT2D eigenvalue weighted by Gasteiger charge is 2.52. The number of nitrogens with zero attached hydrogens (tertiary/aromatic N) is 7. The second-order valence-corrected chi connectivity index (χ2v) is 16.5. The van der Waals surface area contributed by atoms with E-state index < -0.39 is 24.8 Å². The van der Waals surface area contributed by atoms with E-state index in [1.165, 1.54) is 26.2 Å². The maximum Gasteiger partial charge on any atom is 0.514 e. The number of pyridine rings is 1. The summed E-state index contributed by atoms with van der Waals surface area (Å²) in [5.41, 5.74) is 9.34. The predicted octanol–water partition coefficient (Wildman–Crippen LogP) is 4.68. The summed E-state index contributed by atoms with van der Waals surface area (Å²) in [7, 11) is -0.456. The number of nitrogens with two attached hydrogens (primary N) is 1. The summed E-state index contributed by atoms with van der Waals surface area (Å²) in [6.45, 7) is 12.5. The number of hydrogen-bond donors (Lipinski definition) is 4. The molecule has 5 N–H and O–H groups in total. The average Bonchev–Trinajstić information content (AvgIpc) is 3.83. The third-order valence-electron chi connectivity index (χ3n) is 10.9. The molecule has 5 aromatic rings. The predicted molar refractivity (Wildman–Crippen MR) is 211 cm³/mol. The molecule has 0 bridgehead atoms. The number of aromatic nitrogens is 5. The Hall–Kier alpha value is -5.39. The fraction of sp³-hybridized carbons (Fsp3) is 0.450. The molecule has 1 saturated carbocycles. The number of carbonyl (C=O) groups excluding carboxylic acids is 1. The van der Waals surface area contributed by atoms with Crippen molar-refractivity contribution >= 4 is 35.3 Å². The van der Waals surface area contributed by atoms with Crippen molar-refractivity contribution in [2.24, 2.45) is 5.73 Å². The summed E-state index contributed by atoms with van der Waals surface area (Å²) in [5.74, 6) is -0.486. The maximum atomic E-state index is 14.2. The first-order chi connectivity index (χ1) is 26.3. The molecule has 6 heterocycles. The van der Waals surface area contributed by atoms with Crippen LogP contribution in [0.1, 0.15) is 95.6 Å². The molecule has 14 nitrogen and oxygen atoms in total. The normalized spacial score (nSPS) is 20.8. The molecule has 0 spiro atoms. The van der Waals surface area contributed by atoms with Gasteiger partial charge in [-0.25, -0.2) is 13.4 Å². The van der Waals surface area contributed by atoms with Gasteiger partial charge >= 0.3 is 7.12 Å². The summed E-state index contributed by atoms with van der Waals surface area (Å²) < 4.78 is 29.7. The first-order valence-corrected chi connectivity index (χ1v) is 18.6. The van der Waals surface area contributed by atoms with Crippen LogP contribution in [0.25, 0.3) is 22.4 Å². The minimum atomic E-state index is -1.62. The number of nitrogens with one attached hydrogen (secondary N) is 2. The van der Waals surface area contributed by atoms with Crippen LogP contribution in [-0.4, -0.2) is 83.4 Å². The van der Waals surface area contributed by atoms with Crippen molar-refractivity contribution in [2.75, 3.05) is 11.9 Å². The average molecular weight is 763 g/mol. The largest absolute Gasteiger partial charge is 0.514 e. The van der Waals surface area contributed by atoms with Gasteiger partial charge in [0.2, 0.25) is 0 Å². The summed E-state index contributed by atoms with van der Waals surface area (Å²) >= 11 is 0. The lowest BCUT2D eigenvalue weighted by atomic mass is 9.81. The van der Waals surface area contributed by atoms with Crippen LogP contribution in [0.5, 0.6) is 0 Å². The molecule has 2 aliphatic rings. The van der Waals surface area contributed by atoms with E-state index in [1.807, 2.05) is 58.9 Å². The molecule has 0 unspecified atom stereocenters. The molecule has 2 fully saturated rings. The number of rotatable bonds is 8. The van der Waals surface area contributed by atoms with E-state index in [-0.39, 0.29) is 34.9 Å². The Kier molecular flexibility index (Phi) is 11.0. The number of nitriles is 2. The van der Waals surface area contributed by atoms with Gasteiger partial charge in [-0.15, -0.1) is 0 Å². The van der Waals surface area contributed by atoms with Crippen molar-refractivity contribution < 1.29 is 23.6 Å². The van der Waals surface area contributed by atoms with E-state index in [0.29, 0.717) is 28.2 Å². The van der Waals surface area contributed by atoms with Crippen LogP contribution < -0.4 is 22.0 Å². The minimum absolute atomic E-state index is 0.120. The molecule has 5 aromatic heterocycles. The Bertz CT molecular complexity index is 2310. The molecule has 7 rings (SSSR count). The standard InChI is InChI=1S/C26H32FN7O2.C14H16BN3O2/c1-25(2,36)23(27)15-31-24(35)19-14-30-21(11-20(19)33-17-6-8-26(3,29)9-7-17)22-5-4-18-10-16(12-28)13-32-34(18)22;1-13(2)14(3,4)20-15(19-13)12-6-5-11-7-10(8-16)9-17-18(11)12/h4-5,10-11,13-14,17,23,36H,6-9,15,29H2,1-3H3,(H,30,33)(H,31,35);5-7,9H,1-4H3/t17?,23-,26?;/m1./s1. The minimum Gasteiger partial charge on any atom is -0.398 e. The van der Waals surface area contributed by atoms with E-state index in [4.69, 9.17) is 25.6 Å². The summed E-state index contributed by atoms with van der Waals surface area (Å²) in [6.07, 6.45) is 6.28. The van der Waals surface area contributed by atoms with Gasteiger partial charge < -0.3 is 30.8 Å². The highest BCUT2D eigenvalue weighted by molar-refractivity contribution is 6.61. The van der Waals surface area contributed by atoms with Crippen LogP contribution >= 0.6 is 0 Å². The summed E-state index contributed by atoms with van der Waals surface area (Å²) in [4.78, 5) is 17.5. The van der Waals surface area contributed by atoms with Crippen molar-refractivity contribution in [3.05, 3.63) is 77.7 Å². The Balaban J connectivity index is 0.000000223. The number of alkyl halides is 1. The second-order valence-electron chi connectivity index (χ2n) is 16.5. The number of aliphatic hydroxyl groups is 1. The lowest BCUT2D eigenvalue weighted by molar-refractivity contribution is -0.00178. The summed E-state index contributed by atoms with van der Waals surface area (Å²) in [6, 6.07) is 17.1. The Morgan fingerprint density at radius 3 is 2.14 bits per heavy atom. The number of fused-ring (bicyclic) bond motifs is 2. The van der Waals surface area contributed by atoms with E-state index >= 15 is 0 Å². The Labute approximate surface area is 326 Å². The third-order valence-corrected chi connectivity index (χ3v) is 10.9. The second kappa shape index (κ2) is 15.3. The molecule has 292 valence electrons. The smallest absolute Gasteiger partial charge is 0.398 e. The molecule has 1 atom stereocenters. The van der Waals surface area contributed by atoms with Crippen molar-refractivity contribution in [3.8, 4) is 23.5 Å². The van der Waals surface area contributed by atoms with Gasteiger partial charge in [-0.1, -0.05) is 0 Å². The molecule has 1 aliphatic heterocycles. The van der Waals surface area contributed by atoms with E-state index in [9.17, 15) is 14.3 Å². The van der Waals surface area contributed by atoms with Crippen molar-refractivity contribution in [3.63, 3.8) is 0 Å². The number of hydrogen-bond acceptors (Lipinski definition) is 11. The monoisotopic (exact) mass is 762 g/mol. The van der Waals surface area contributed by atoms with Crippen LogP contribution in [-0.2, 0) is 9.31 Å². The van der Waals surface area contributed by atoms with Gasteiger partial charge in [0.25, 0.3) is 5.91 Å². The van der Waals surface area contributed by atoms with Gasteiger partial charge in [-0.05, 0) is 117 Å². The molecule has 56 heavy (non-hydrogen) atoms. The van der Waals surface area contributed by atoms with Gasteiger partial charge in [-0.2, -0.15) is 20.7 Å². The molecule has 1 aliphatic carbocycles. The van der Waals surface area contributed by atoms with Crippen molar-refractivity contribution in [1.82, 2.24) is 29.5 Å². The van der Waals surface area contributed by atoms with E-state index in [1.54, 1.807) is 33.4 Å². The topological polar surface area (TPSA) is 201 Å². The van der Waals surface area contributed by atoms with Crippen molar-refractivity contribution in [1.29, 1.82) is 10.5 Å². The van der Waals surface area contributed by atoms with Gasteiger partial charge in [0.1, 0.15) is 18.3 Å². The first-order valence-electron chi connectivity index (χ1n) is 18.6. The SMILES string of the molecule is CC1(C)OB(c2ccc3cc(C#N)cnn23)OC1(C)C.CC1(N)CCC(Nc2cc(-c3ccc4cc(C#N)cnn34)ncc2C(=O)NC[C@@H](F)C(C)(C)O)CC1. The van der Waals surface area contributed by atoms with E-state index in [2.05, 4.69) is 38.0 Å². The van der Waals surface area contributed by atoms with Gasteiger partial charge in [0, 0.05) is 17.8 Å². The van der Waals surface area contributed by atoms with Crippen LogP contribution in [0.4, 0.5) is 10.1 Å². The highest BCUT2D eigenvalue weighted by atomic mass is 19.1. The first kappa shape index (κ1) is 40.3. The maximum absolute atomic E-state index is 14.2. The van der Waals surface area contributed by atoms with Crippen LogP contribution in [0.15, 0.2) is 61.1 Å². The zero-order chi connectivity index (χ0) is 40.6. The highest BCUT2D eigenvalue weighted by Crippen LogP contribution is 2.36. The van der Waals surface area contributed by atoms with Gasteiger partial charge in [0.15, 0.2) is 0 Å². The van der Waals surface area contributed by atoms with Crippen LogP contribution in [0.2, 0.25) is 0 Å². The molecule has 0 radical (unpaired) electrons. The van der Waals surface area contributed by atoms with Gasteiger partial charge in [-0.3, -0.25) is 9.78 Å². The molecule has 0 aromatic carbocycles.